The second-order valence-corrected chi connectivity index (χ2v) is 9.23. The number of benzene rings is 2. The number of carboxylic acid groups (broad SMARTS) is 1. The molecule has 1 unspecified atom stereocenters. The predicted octanol–water partition coefficient (Wildman–Crippen LogP) is 6.36. The van der Waals surface area contributed by atoms with Crippen LogP contribution in [0.15, 0.2) is 53.0 Å². The summed E-state index contributed by atoms with van der Waals surface area (Å²) >= 11 is 3.41. The zero-order valence-electron chi connectivity index (χ0n) is 20.7. The van der Waals surface area contributed by atoms with Crippen LogP contribution in [0.4, 0.5) is 10.5 Å². The summed E-state index contributed by atoms with van der Waals surface area (Å²) in [5.74, 6) is -0.295. The Balaban J connectivity index is 1.89. The smallest absolute Gasteiger partial charge is 0.333 e. The topological polar surface area (TPSA) is 88.1 Å². The molecule has 0 bridgehead atoms. The highest BCUT2D eigenvalue weighted by molar-refractivity contribution is 9.10. The summed E-state index contributed by atoms with van der Waals surface area (Å²) in [5.41, 5.74) is 1.61. The summed E-state index contributed by atoms with van der Waals surface area (Å²) in [6, 6.07) is 14.7. The number of hydrogen-bond acceptors (Lipinski definition) is 4. The third-order valence-corrected chi connectivity index (χ3v) is 6.06. The molecule has 1 atom stereocenters. The summed E-state index contributed by atoms with van der Waals surface area (Å²) in [7, 11) is 0. The minimum absolute atomic E-state index is 0.141. The minimum Gasteiger partial charge on any atom is -0.492 e. The van der Waals surface area contributed by atoms with Crippen molar-refractivity contribution in [1.82, 2.24) is 4.90 Å². The normalized spacial score (nSPS) is 11.6. The lowest BCUT2D eigenvalue weighted by Gasteiger charge is -2.23. The lowest BCUT2D eigenvalue weighted by molar-refractivity contribution is -0.149. The zero-order chi connectivity index (χ0) is 25.5. The van der Waals surface area contributed by atoms with Crippen molar-refractivity contribution in [3.63, 3.8) is 0 Å². The molecule has 2 rings (SSSR count). The number of amides is 2. The van der Waals surface area contributed by atoms with Gasteiger partial charge in [-0.1, -0.05) is 60.7 Å². The fourth-order valence-electron chi connectivity index (χ4n) is 3.59. The standard InChI is InChI=1S/C27H37BrN2O5/c1-3-5-6-7-8-17-30(27(33)29-23-13-11-22(28)12-14-23)18-19-35-24-15-9-21(10-16-24)20-25(26(31)32)34-4-2/h9-16,25H,3-8,17-20H2,1-2H3,(H,29,33)(H,31,32). The first-order valence-electron chi connectivity index (χ1n) is 12.3. The van der Waals surface area contributed by atoms with Gasteiger partial charge < -0.3 is 24.8 Å². The number of halogens is 1. The molecule has 0 aliphatic rings. The molecule has 7 nitrogen and oxygen atoms in total. The van der Waals surface area contributed by atoms with E-state index in [1.165, 1.54) is 19.3 Å². The van der Waals surface area contributed by atoms with E-state index in [4.69, 9.17) is 9.47 Å². The number of carbonyl (C=O) groups excluding carboxylic acids is 1. The predicted molar refractivity (Wildman–Crippen MR) is 142 cm³/mol. The van der Waals surface area contributed by atoms with Crippen molar-refractivity contribution in [1.29, 1.82) is 0 Å². The monoisotopic (exact) mass is 548 g/mol. The molecule has 0 aliphatic heterocycles. The summed E-state index contributed by atoms with van der Waals surface area (Å²) in [6.07, 6.45) is 5.05. The Morgan fingerprint density at radius 3 is 2.29 bits per heavy atom. The highest BCUT2D eigenvalue weighted by atomic mass is 79.9. The van der Waals surface area contributed by atoms with Crippen molar-refractivity contribution < 1.29 is 24.2 Å². The molecule has 2 aromatic carbocycles. The average molecular weight is 550 g/mol. The molecule has 192 valence electrons. The number of hydrogen-bond donors (Lipinski definition) is 2. The third-order valence-electron chi connectivity index (χ3n) is 5.53. The summed E-state index contributed by atoms with van der Waals surface area (Å²) < 4.78 is 12.1. The van der Waals surface area contributed by atoms with Gasteiger partial charge in [0.2, 0.25) is 0 Å². The van der Waals surface area contributed by atoms with Gasteiger partial charge >= 0.3 is 12.0 Å². The van der Waals surface area contributed by atoms with E-state index in [1.807, 2.05) is 48.5 Å². The fraction of sp³-hybridized carbons (Fsp3) is 0.481. The molecule has 8 heteroatoms. The molecule has 0 radical (unpaired) electrons. The molecule has 0 fully saturated rings. The van der Waals surface area contributed by atoms with Crippen molar-refractivity contribution >= 4 is 33.6 Å². The van der Waals surface area contributed by atoms with Gasteiger partial charge in [-0.05, 0) is 55.3 Å². The summed E-state index contributed by atoms with van der Waals surface area (Å²) in [5, 5.41) is 12.2. The fourth-order valence-corrected chi connectivity index (χ4v) is 3.85. The number of carbonyl (C=O) groups is 2. The van der Waals surface area contributed by atoms with Gasteiger partial charge in [0, 0.05) is 29.7 Å². The molecule has 2 amide bonds. The lowest BCUT2D eigenvalue weighted by atomic mass is 10.1. The second-order valence-electron chi connectivity index (χ2n) is 8.32. The number of nitrogens with zero attached hydrogens (tertiary/aromatic N) is 1. The van der Waals surface area contributed by atoms with Gasteiger partial charge in [-0.15, -0.1) is 0 Å². The first-order valence-corrected chi connectivity index (χ1v) is 13.1. The van der Waals surface area contributed by atoms with Crippen LogP contribution in [0.3, 0.4) is 0 Å². The molecule has 0 heterocycles. The van der Waals surface area contributed by atoms with Gasteiger partial charge in [0.25, 0.3) is 0 Å². The van der Waals surface area contributed by atoms with Crippen molar-refractivity contribution in [3.05, 3.63) is 58.6 Å². The van der Waals surface area contributed by atoms with Crippen molar-refractivity contribution in [2.24, 2.45) is 0 Å². The Morgan fingerprint density at radius 2 is 1.66 bits per heavy atom. The van der Waals surface area contributed by atoms with E-state index in [9.17, 15) is 14.7 Å². The van der Waals surface area contributed by atoms with Crippen LogP contribution in [0.2, 0.25) is 0 Å². The molecular formula is C27H37BrN2O5. The molecule has 0 aliphatic carbocycles. The highest BCUT2D eigenvalue weighted by Crippen LogP contribution is 2.16. The lowest BCUT2D eigenvalue weighted by Crippen LogP contribution is -2.38. The van der Waals surface area contributed by atoms with Crippen LogP contribution in [0.1, 0.15) is 51.5 Å². The van der Waals surface area contributed by atoms with Crippen LogP contribution in [-0.2, 0) is 16.0 Å². The van der Waals surface area contributed by atoms with Crippen molar-refractivity contribution in [3.8, 4) is 5.75 Å². The Kier molecular flexibility index (Phi) is 13.2. The van der Waals surface area contributed by atoms with Gasteiger partial charge in [0.05, 0.1) is 6.54 Å². The van der Waals surface area contributed by atoms with Crippen LogP contribution in [0.25, 0.3) is 0 Å². The maximum absolute atomic E-state index is 12.9. The SMILES string of the molecule is CCCCCCCN(CCOc1ccc(CC(OCC)C(=O)O)cc1)C(=O)Nc1ccc(Br)cc1. The van der Waals surface area contributed by atoms with Crippen LogP contribution in [-0.4, -0.2) is 54.4 Å². The van der Waals surface area contributed by atoms with Crippen LogP contribution in [0, 0.1) is 0 Å². The van der Waals surface area contributed by atoms with E-state index in [1.54, 1.807) is 11.8 Å². The Labute approximate surface area is 216 Å². The first-order chi connectivity index (χ1) is 16.9. The largest absolute Gasteiger partial charge is 0.492 e. The Hall–Kier alpha value is -2.58. The molecule has 0 saturated carbocycles. The summed E-state index contributed by atoms with van der Waals surface area (Å²) in [4.78, 5) is 26.0. The maximum Gasteiger partial charge on any atom is 0.333 e. The maximum atomic E-state index is 12.9. The van der Waals surface area contributed by atoms with Crippen molar-refractivity contribution in [2.45, 2.75) is 58.5 Å². The minimum atomic E-state index is -0.969. The number of aliphatic carboxylic acids is 1. The number of carboxylic acids is 1. The molecular weight excluding hydrogens is 512 g/mol. The van der Waals surface area contributed by atoms with Crippen LogP contribution >= 0.6 is 15.9 Å². The third kappa shape index (κ3) is 11.1. The van der Waals surface area contributed by atoms with E-state index in [-0.39, 0.29) is 6.03 Å². The molecule has 35 heavy (non-hydrogen) atoms. The highest BCUT2D eigenvalue weighted by Gasteiger charge is 2.18. The number of urea groups is 1. The van der Waals surface area contributed by atoms with E-state index in [0.717, 1.165) is 28.6 Å². The van der Waals surface area contributed by atoms with E-state index < -0.39 is 12.1 Å². The molecule has 0 saturated heterocycles. The van der Waals surface area contributed by atoms with E-state index >= 15 is 0 Å². The second kappa shape index (κ2) is 16.2. The Bertz CT molecular complexity index is 889. The van der Waals surface area contributed by atoms with Crippen LogP contribution < -0.4 is 10.1 Å². The quantitative estimate of drug-likeness (QED) is 0.238. The zero-order valence-corrected chi connectivity index (χ0v) is 22.3. The van der Waals surface area contributed by atoms with Crippen molar-refractivity contribution in [2.75, 3.05) is 31.6 Å². The van der Waals surface area contributed by atoms with E-state index in [0.29, 0.717) is 38.5 Å². The molecule has 0 aromatic heterocycles. The molecule has 2 aromatic rings. The van der Waals surface area contributed by atoms with Gasteiger partial charge in [-0.25, -0.2) is 9.59 Å². The number of nitrogens with one attached hydrogen (secondary N) is 1. The van der Waals surface area contributed by atoms with Gasteiger partial charge in [-0.2, -0.15) is 0 Å². The molecule has 2 N–H and O–H groups in total. The number of rotatable bonds is 16. The number of ether oxygens (including phenoxy) is 2. The Morgan fingerprint density at radius 1 is 0.971 bits per heavy atom. The van der Waals surface area contributed by atoms with Crippen LogP contribution in [0.5, 0.6) is 5.75 Å². The van der Waals surface area contributed by atoms with Gasteiger partial charge in [-0.3, -0.25) is 0 Å². The average Bonchev–Trinajstić information content (AvgIpc) is 2.84. The molecule has 0 spiro atoms. The first kappa shape index (κ1) is 28.7. The summed E-state index contributed by atoms with van der Waals surface area (Å²) in [6.45, 7) is 5.80. The number of anilines is 1. The van der Waals surface area contributed by atoms with E-state index in [2.05, 4.69) is 28.2 Å². The number of unbranched alkanes of at least 4 members (excludes halogenated alkanes) is 4. The van der Waals surface area contributed by atoms with Gasteiger partial charge in [0.15, 0.2) is 6.10 Å². The van der Waals surface area contributed by atoms with Gasteiger partial charge in [0.1, 0.15) is 12.4 Å².